The van der Waals surface area contributed by atoms with Gasteiger partial charge in [-0.1, -0.05) is 43.3 Å². The van der Waals surface area contributed by atoms with Gasteiger partial charge in [-0.3, -0.25) is 9.78 Å². The Bertz CT molecular complexity index is 1360. The van der Waals surface area contributed by atoms with Crippen LogP contribution in [-0.2, 0) is 11.3 Å². The van der Waals surface area contributed by atoms with Gasteiger partial charge in [-0.05, 0) is 49.2 Å². The number of Topliss-reactive ketones (excluding diaryl/α,β-unsaturated/α-hetero) is 1. The van der Waals surface area contributed by atoms with Crippen LogP contribution in [0.15, 0.2) is 72.9 Å². The molecule has 3 aromatic carbocycles. The van der Waals surface area contributed by atoms with Crippen LogP contribution in [0.4, 0.5) is 11.4 Å². The van der Waals surface area contributed by atoms with E-state index in [9.17, 15) is 9.59 Å². The first-order chi connectivity index (χ1) is 17.0. The number of esters is 1. The molecule has 0 saturated heterocycles. The number of rotatable bonds is 9. The highest BCUT2D eigenvalue weighted by Crippen LogP contribution is 2.33. The Morgan fingerprint density at radius 1 is 0.971 bits per heavy atom. The number of ketones is 1. The Balaban J connectivity index is 1.68. The molecule has 0 aliphatic carbocycles. The van der Waals surface area contributed by atoms with E-state index in [2.05, 4.69) is 10.3 Å². The third-order valence-electron chi connectivity index (χ3n) is 5.85. The molecule has 1 heterocycles. The van der Waals surface area contributed by atoms with Crippen molar-refractivity contribution >= 4 is 34.0 Å². The van der Waals surface area contributed by atoms with Crippen molar-refractivity contribution in [3.05, 3.63) is 95.2 Å². The Morgan fingerprint density at radius 3 is 2.46 bits per heavy atom. The van der Waals surface area contributed by atoms with Crippen molar-refractivity contribution < 1.29 is 19.1 Å². The lowest BCUT2D eigenvalue weighted by molar-refractivity contribution is 0.0474. The van der Waals surface area contributed by atoms with E-state index in [1.54, 1.807) is 37.6 Å². The minimum absolute atomic E-state index is 0.0364. The summed E-state index contributed by atoms with van der Waals surface area (Å²) >= 11 is 0. The predicted molar refractivity (Wildman–Crippen MR) is 138 cm³/mol. The third kappa shape index (κ3) is 5.32. The number of pyridine rings is 1. The molecule has 0 aliphatic heterocycles. The van der Waals surface area contributed by atoms with Crippen LogP contribution >= 0.6 is 0 Å². The van der Waals surface area contributed by atoms with E-state index in [4.69, 9.17) is 9.47 Å². The smallest absolute Gasteiger partial charge is 0.338 e. The average molecular weight is 469 g/mol. The summed E-state index contributed by atoms with van der Waals surface area (Å²) < 4.78 is 10.7. The van der Waals surface area contributed by atoms with Gasteiger partial charge in [-0.2, -0.15) is 0 Å². The highest BCUT2D eigenvalue weighted by molar-refractivity contribution is 6.09. The lowest BCUT2D eigenvalue weighted by atomic mass is 10.0. The van der Waals surface area contributed by atoms with E-state index >= 15 is 0 Å². The molecule has 0 fully saturated rings. The maximum absolute atomic E-state index is 12.9. The summed E-state index contributed by atoms with van der Waals surface area (Å²) in [5, 5.41) is 4.27. The number of methoxy groups -OCH3 is 1. The Kier molecular flexibility index (Phi) is 7.41. The maximum atomic E-state index is 12.9. The molecule has 4 rings (SSSR count). The number of benzene rings is 3. The number of aryl methyl sites for hydroxylation is 1. The third-order valence-corrected chi connectivity index (χ3v) is 5.85. The molecule has 178 valence electrons. The van der Waals surface area contributed by atoms with Gasteiger partial charge in [0, 0.05) is 29.3 Å². The number of anilines is 2. The van der Waals surface area contributed by atoms with Crippen molar-refractivity contribution in [1.29, 1.82) is 0 Å². The van der Waals surface area contributed by atoms with Crippen LogP contribution in [-0.4, -0.2) is 23.8 Å². The summed E-state index contributed by atoms with van der Waals surface area (Å²) in [5.74, 6) is 0.272. The van der Waals surface area contributed by atoms with Crippen LogP contribution in [0.5, 0.6) is 5.75 Å². The van der Waals surface area contributed by atoms with Crippen molar-refractivity contribution in [2.75, 3.05) is 12.4 Å². The minimum atomic E-state index is -0.433. The first-order valence-corrected chi connectivity index (χ1v) is 11.6. The number of nitrogens with zero attached hydrogens (tertiary/aromatic N) is 1. The summed E-state index contributed by atoms with van der Waals surface area (Å²) in [6, 6.07) is 20.4. The van der Waals surface area contributed by atoms with Crippen LogP contribution in [0.3, 0.4) is 0 Å². The second kappa shape index (κ2) is 10.8. The van der Waals surface area contributed by atoms with Crippen LogP contribution in [0, 0.1) is 6.92 Å². The summed E-state index contributed by atoms with van der Waals surface area (Å²) in [4.78, 5) is 30.1. The summed E-state index contributed by atoms with van der Waals surface area (Å²) in [7, 11) is 1.57. The van der Waals surface area contributed by atoms with Crippen LogP contribution in [0.2, 0.25) is 0 Å². The first-order valence-electron chi connectivity index (χ1n) is 11.6. The molecule has 0 saturated carbocycles. The van der Waals surface area contributed by atoms with E-state index < -0.39 is 5.97 Å². The number of ether oxygens (including phenoxy) is 2. The number of nitrogens with one attached hydrogen (secondary N) is 1. The Hall–Kier alpha value is -4.19. The fourth-order valence-corrected chi connectivity index (χ4v) is 3.91. The standard InChI is InChI=1S/C29H28N2O4/c1-4-8-26(32)24-17-30-27-21(18-35-29(33)20-13-15-22(34-3)16-14-20)10-7-11-23(27)28(24)31-25-12-6-5-9-19(25)2/h5-7,9-17H,4,8,18H2,1-3H3,(H,30,31). The molecule has 0 radical (unpaired) electrons. The molecule has 6 heteroatoms. The zero-order valence-electron chi connectivity index (χ0n) is 20.1. The van der Waals surface area contributed by atoms with Gasteiger partial charge < -0.3 is 14.8 Å². The molecule has 1 N–H and O–H groups in total. The van der Waals surface area contributed by atoms with Gasteiger partial charge in [0.1, 0.15) is 12.4 Å². The fraction of sp³-hybridized carbons (Fsp3) is 0.207. The molecular formula is C29H28N2O4. The van der Waals surface area contributed by atoms with Gasteiger partial charge in [0.15, 0.2) is 5.78 Å². The molecule has 1 aromatic heterocycles. The fourth-order valence-electron chi connectivity index (χ4n) is 3.91. The zero-order valence-corrected chi connectivity index (χ0v) is 20.1. The Labute approximate surface area is 204 Å². The number of carbonyl (C=O) groups excluding carboxylic acids is 2. The molecule has 0 amide bonds. The predicted octanol–water partition coefficient (Wildman–Crippen LogP) is 6.64. The minimum Gasteiger partial charge on any atom is -0.497 e. The van der Waals surface area contributed by atoms with E-state index in [0.29, 0.717) is 34.5 Å². The average Bonchev–Trinajstić information content (AvgIpc) is 2.88. The van der Waals surface area contributed by atoms with Gasteiger partial charge in [0.25, 0.3) is 0 Å². The number of para-hydroxylation sites is 2. The molecular weight excluding hydrogens is 440 g/mol. The van der Waals surface area contributed by atoms with Gasteiger partial charge >= 0.3 is 5.97 Å². The van der Waals surface area contributed by atoms with E-state index in [1.165, 1.54) is 0 Å². The quantitative estimate of drug-likeness (QED) is 0.219. The highest BCUT2D eigenvalue weighted by Gasteiger charge is 2.18. The topological polar surface area (TPSA) is 77.5 Å². The number of aromatic nitrogens is 1. The monoisotopic (exact) mass is 468 g/mol. The van der Waals surface area contributed by atoms with Crippen LogP contribution < -0.4 is 10.1 Å². The zero-order chi connectivity index (χ0) is 24.8. The van der Waals surface area contributed by atoms with Crippen molar-refractivity contribution in [2.45, 2.75) is 33.3 Å². The number of hydrogen-bond donors (Lipinski definition) is 1. The molecule has 0 unspecified atom stereocenters. The first kappa shape index (κ1) is 24.0. The van der Waals surface area contributed by atoms with Crippen LogP contribution in [0.25, 0.3) is 10.9 Å². The van der Waals surface area contributed by atoms with Gasteiger partial charge in [0.2, 0.25) is 0 Å². The molecule has 35 heavy (non-hydrogen) atoms. The van der Waals surface area contributed by atoms with E-state index in [1.807, 2.05) is 56.3 Å². The number of hydrogen-bond acceptors (Lipinski definition) is 6. The molecule has 0 atom stereocenters. The van der Waals surface area contributed by atoms with Gasteiger partial charge in [-0.15, -0.1) is 0 Å². The SMILES string of the molecule is CCCC(=O)c1cnc2c(COC(=O)c3ccc(OC)cc3)cccc2c1Nc1ccccc1C. The van der Waals surface area contributed by atoms with Crippen molar-refractivity contribution in [3.63, 3.8) is 0 Å². The van der Waals surface area contributed by atoms with Crippen molar-refractivity contribution in [3.8, 4) is 5.75 Å². The Morgan fingerprint density at radius 2 is 1.74 bits per heavy atom. The number of fused-ring (bicyclic) bond motifs is 1. The largest absolute Gasteiger partial charge is 0.497 e. The highest BCUT2D eigenvalue weighted by atomic mass is 16.5. The van der Waals surface area contributed by atoms with Gasteiger partial charge in [0.05, 0.1) is 29.4 Å². The van der Waals surface area contributed by atoms with Crippen molar-refractivity contribution in [1.82, 2.24) is 4.98 Å². The summed E-state index contributed by atoms with van der Waals surface area (Å²) in [6.45, 7) is 4.06. The normalized spacial score (nSPS) is 10.7. The van der Waals surface area contributed by atoms with Crippen molar-refractivity contribution in [2.24, 2.45) is 0 Å². The second-order valence-electron chi connectivity index (χ2n) is 8.28. The van der Waals surface area contributed by atoms with Crippen LogP contribution in [0.1, 0.15) is 51.6 Å². The number of carbonyl (C=O) groups is 2. The van der Waals surface area contributed by atoms with E-state index in [0.717, 1.165) is 28.6 Å². The maximum Gasteiger partial charge on any atom is 0.338 e. The van der Waals surface area contributed by atoms with Gasteiger partial charge in [-0.25, -0.2) is 4.79 Å². The lowest BCUT2D eigenvalue weighted by Crippen LogP contribution is -2.08. The summed E-state index contributed by atoms with van der Waals surface area (Å²) in [6.07, 6.45) is 2.81. The van der Waals surface area contributed by atoms with E-state index in [-0.39, 0.29) is 12.4 Å². The lowest BCUT2D eigenvalue weighted by Gasteiger charge is -2.17. The molecule has 0 bridgehead atoms. The summed E-state index contributed by atoms with van der Waals surface area (Å²) in [5.41, 5.74) is 5.12. The molecule has 0 aliphatic rings. The molecule has 0 spiro atoms. The molecule has 6 nitrogen and oxygen atoms in total. The second-order valence-corrected chi connectivity index (χ2v) is 8.28. The molecule has 4 aromatic rings.